The van der Waals surface area contributed by atoms with Gasteiger partial charge in [-0.25, -0.2) is 0 Å². The third-order valence-corrected chi connectivity index (χ3v) is 6.17. The van der Waals surface area contributed by atoms with Gasteiger partial charge in [0.25, 0.3) is 0 Å². The predicted molar refractivity (Wildman–Crippen MR) is 117 cm³/mol. The summed E-state index contributed by atoms with van der Waals surface area (Å²) in [6.07, 6.45) is 4.84. The maximum atomic E-state index is 12.5. The Morgan fingerprint density at radius 3 is 2.77 bits per heavy atom. The first-order chi connectivity index (χ1) is 14.6. The van der Waals surface area contributed by atoms with Crippen LogP contribution in [0.4, 0.5) is 5.69 Å². The average molecular weight is 427 g/mol. The molecule has 1 amide bonds. The van der Waals surface area contributed by atoms with Crippen LogP contribution in [0.15, 0.2) is 46.2 Å². The first-order valence-corrected chi connectivity index (χ1v) is 11.2. The Morgan fingerprint density at radius 1 is 1.27 bits per heavy atom. The quantitative estimate of drug-likeness (QED) is 0.540. The highest BCUT2D eigenvalue weighted by Gasteiger charge is 2.23. The highest BCUT2D eigenvalue weighted by molar-refractivity contribution is 7.99. The first kappa shape index (κ1) is 20.7. The fourth-order valence-electron chi connectivity index (χ4n) is 3.52. The summed E-state index contributed by atoms with van der Waals surface area (Å²) in [6.45, 7) is 5.46. The number of carbonyl (C=O) groups excluding carboxylic acids is 1. The van der Waals surface area contributed by atoms with Crippen molar-refractivity contribution in [2.45, 2.75) is 50.9 Å². The second kappa shape index (κ2) is 9.49. The monoisotopic (exact) mass is 426 g/mol. The van der Waals surface area contributed by atoms with Crippen molar-refractivity contribution < 1.29 is 13.9 Å². The number of furan rings is 1. The normalized spacial score (nSPS) is 16.1. The van der Waals surface area contributed by atoms with E-state index in [1.807, 2.05) is 41.8 Å². The van der Waals surface area contributed by atoms with E-state index in [0.717, 1.165) is 48.7 Å². The van der Waals surface area contributed by atoms with Crippen molar-refractivity contribution in [3.8, 4) is 11.4 Å². The van der Waals surface area contributed by atoms with E-state index in [1.165, 1.54) is 17.3 Å². The van der Waals surface area contributed by atoms with Gasteiger partial charge in [0.2, 0.25) is 5.91 Å². The van der Waals surface area contributed by atoms with E-state index < -0.39 is 0 Å². The summed E-state index contributed by atoms with van der Waals surface area (Å²) in [5.41, 5.74) is 2.95. The molecule has 1 fully saturated rings. The van der Waals surface area contributed by atoms with Crippen LogP contribution >= 0.6 is 11.8 Å². The minimum atomic E-state index is -0.0723. The molecule has 1 aliphatic rings. The van der Waals surface area contributed by atoms with Crippen LogP contribution in [-0.2, 0) is 22.5 Å². The molecule has 0 aliphatic carbocycles. The maximum Gasteiger partial charge on any atom is 0.234 e. The van der Waals surface area contributed by atoms with E-state index in [0.29, 0.717) is 11.7 Å². The maximum absolute atomic E-state index is 12.5. The molecule has 2 aromatic heterocycles. The van der Waals surface area contributed by atoms with Crippen molar-refractivity contribution in [2.75, 3.05) is 17.7 Å². The number of hydrogen-bond acceptors (Lipinski definition) is 6. The van der Waals surface area contributed by atoms with Gasteiger partial charge in [-0.3, -0.25) is 9.36 Å². The molecule has 4 rings (SSSR count). The van der Waals surface area contributed by atoms with Crippen LogP contribution in [0, 0.1) is 6.92 Å². The highest BCUT2D eigenvalue weighted by atomic mass is 32.2. The molecule has 1 saturated heterocycles. The molecule has 158 valence electrons. The molecule has 7 nitrogen and oxygen atoms in total. The Labute approximate surface area is 180 Å². The van der Waals surface area contributed by atoms with Crippen molar-refractivity contribution in [3.63, 3.8) is 0 Å². The summed E-state index contributed by atoms with van der Waals surface area (Å²) in [4.78, 5) is 12.5. The number of ether oxygens (including phenoxy) is 1. The third kappa shape index (κ3) is 4.76. The summed E-state index contributed by atoms with van der Waals surface area (Å²) < 4.78 is 13.3. The largest absolute Gasteiger partial charge is 0.469 e. The Balaban J connectivity index is 1.46. The fourth-order valence-corrected chi connectivity index (χ4v) is 4.27. The van der Waals surface area contributed by atoms with Gasteiger partial charge in [-0.05, 0) is 49.9 Å². The second-order valence-corrected chi connectivity index (χ2v) is 8.27. The molecule has 1 atom stereocenters. The Bertz CT molecular complexity index is 990. The van der Waals surface area contributed by atoms with Crippen molar-refractivity contribution in [1.82, 2.24) is 14.8 Å². The van der Waals surface area contributed by atoms with Crippen molar-refractivity contribution in [1.29, 1.82) is 0 Å². The van der Waals surface area contributed by atoms with E-state index in [4.69, 9.17) is 9.15 Å². The molecule has 0 radical (unpaired) electrons. The molecule has 0 bridgehead atoms. The van der Waals surface area contributed by atoms with Gasteiger partial charge in [-0.15, -0.1) is 10.2 Å². The van der Waals surface area contributed by atoms with Crippen LogP contribution in [0.1, 0.15) is 31.1 Å². The van der Waals surface area contributed by atoms with E-state index in [-0.39, 0.29) is 17.8 Å². The number of hydrogen-bond donors (Lipinski definition) is 1. The Kier molecular flexibility index (Phi) is 6.54. The molecule has 30 heavy (non-hydrogen) atoms. The van der Waals surface area contributed by atoms with Gasteiger partial charge in [0.15, 0.2) is 11.0 Å². The molecule has 1 aliphatic heterocycles. The van der Waals surface area contributed by atoms with Crippen molar-refractivity contribution in [3.05, 3.63) is 47.9 Å². The SMILES string of the molecule is CCc1ccc(NC(=O)CSc2nnc(-c3ccoc3C)n2C[C@@H]2CCCO2)cc1. The lowest BCUT2D eigenvalue weighted by atomic mass is 10.1. The lowest BCUT2D eigenvalue weighted by Gasteiger charge is -2.14. The Morgan fingerprint density at radius 2 is 2.10 bits per heavy atom. The standard InChI is InChI=1S/C22H26N4O3S/c1-3-16-6-8-17(9-7-16)23-20(27)14-30-22-25-24-21(19-10-12-28-15(19)2)26(22)13-18-5-4-11-29-18/h6-10,12,18H,3-5,11,13-14H2,1-2H3,(H,23,27)/t18-/m0/s1. The number of amides is 1. The summed E-state index contributed by atoms with van der Waals surface area (Å²) in [5, 5.41) is 12.4. The third-order valence-electron chi connectivity index (χ3n) is 5.21. The van der Waals surface area contributed by atoms with Gasteiger partial charge in [-0.1, -0.05) is 30.8 Å². The summed E-state index contributed by atoms with van der Waals surface area (Å²) >= 11 is 1.38. The van der Waals surface area contributed by atoms with Gasteiger partial charge in [-0.2, -0.15) is 0 Å². The van der Waals surface area contributed by atoms with Crippen LogP contribution in [0.3, 0.4) is 0 Å². The molecule has 3 aromatic rings. The minimum absolute atomic E-state index is 0.0723. The zero-order chi connectivity index (χ0) is 20.9. The zero-order valence-electron chi connectivity index (χ0n) is 17.3. The molecule has 0 saturated carbocycles. The average Bonchev–Trinajstić information content (AvgIpc) is 3.49. The lowest BCUT2D eigenvalue weighted by Crippen LogP contribution is -2.18. The molecular weight excluding hydrogens is 400 g/mol. The lowest BCUT2D eigenvalue weighted by molar-refractivity contribution is -0.113. The van der Waals surface area contributed by atoms with Crippen LogP contribution in [0.25, 0.3) is 11.4 Å². The van der Waals surface area contributed by atoms with Crippen molar-refractivity contribution >= 4 is 23.4 Å². The molecule has 1 aromatic carbocycles. The summed E-state index contributed by atoms with van der Waals surface area (Å²) in [5.74, 6) is 1.72. The number of aromatic nitrogens is 3. The topological polar surface area (TPSA) is 82.2 Å². The van der Waals surface area contributed by atoms with E-state index >= 15 is 0 Å². The number of thioether (sulfide) groups is 1. The van der Waals surface area contributed by atoms with Crippen LogP contribution in [-0.4, -0.2) is 39.1 Å². The molecule has 0 unspecified atom stereocenters. The zero-order valence-corrected chi connectivity index (χ0v) is 18.1. The molecule has 8 heteroatoms. The number of anilines is 1. The number of aryl methyl sites for hydroxylation is 2. The van der Waals surface area contributed by atoms with E-state index in [9.17, 15) is 4.79 Å². The van der Waals surface area contributed by atoms with Gasteiger partial charge < -0.3 is 14.5 Å². The number of nitrogens with zero attached hydrogens (tertiary/aromatic N) is 3. The number of benzene rings is 1. The molecule has 0 spiro atoms. The second-order valence-electron chi connectivity index (χ2n) is 7.33. The molecular formula is C22H26N4O3S. The van der Waals surface area contributed by atoms with Gasteiger partial charge in [0.05, 0.1) is 30.2 Å². The first-order valence-electron chi connectivity index (χ1n) is 10.2. The number of carbonyl (C=O) groups is 1. The van der Waals surface area contributed by atoms with E-state index in [2.05, 4.69) is 22.4 Å². The molecule has 1 N–H and O–H groups in total. The van der Waals surface area contributed by atoms with Gasteiger partial charge >= 0.3 is 0 Å². The molecule has 3 heterocycles. The number of nitrogens with one attached hydrogen (secondary N) is 1. The predicted octanol–water partition coefficient (Wildman–Crippen LogP) is 4.32. The van der Waals surface area contributed by atoms with Gasteiger partial charge in [0, 0.05) is 12.3 Å². The van der Waals surface area contributed by atoms with Crippen LogP contribution in [0.2, 0.25) is 0 Å². The number of rotatable bonds is 8. The smallest absolute Gasteiger partial charge is 0.234 e. The van der Waals surface area contributed by atoms with E-state index in [1.54, 1.807) is 6.26 Å². The summed E-state index contributed by atoms with van der Waals surface area (Å²) in [7, 11) is 0. The van der Waals surface area contributed by atoms with Gasteiger partial charge in [0.1, 0.15) is 5.76 Å². The fraction of sp³-hybridized carbons (Fsp3) is 0.409. The summed E-state index contributed by atoms with van der Waals surface area (Å²) in [6, 6.07) is 9.82. The highest BCUT2D eigenvalue weighted by Crippen LogP contribution is 2.29. The van der Waals surface area contributed by atoms with Crippen LogP contribution in [0.5, 0.6) is 0 Å². The van der Waals surface area contributed by atoms with Crippen LogP contribution < -0.4 is 5.32 Å². The van der Waals surface area contributed by atoms with Crippen molar-refractivity contribution in [2.24, 2.45) is 0 Å². The Hall–Kier alpha value is -2.58. The minimum Gasteiger partial charge on any atom is -0.469 e.